The monoisotopic (exact) mass is 378 g/mol. The number of carbonyl (C=O) groups excluding carboxylic acids is 2. The third-order valence-electron chi connectivity index (χ3n) is 6.09. The van der Waals surface area contributed by atoms with E-state index >= 15 is 0 Å². The van der Waals surface area contributed by atoms with Gasteiger partial charge in [0.05, 0.1) is 0 Å². The fraction of sp³-hybridized carbons (Fsp3) is 0.391. The molecule has 2 atom stereocenters. The van der Waals surface area contributed by atoms with Crippen LogP contribution in [0.4, 0.5) is 0 Å². The lowest BCUT2D eigenvalue weighted by molar-refractivity contribution is 0.0217. The zero-order valence-corrected chi connectivity index (χ0v) is 16.4. The van der Waals surface area contributed by atoms with Crippen LogP contribution in [-0.4, -0.2) is 41.8 Å². The molecule has 0 aromatic heterocycles. The summed E-state index contributed by atoms with van der Waals surface area (Å²) in [5.74, 6) is 1.90. The van der Waals surface area contributed by atoms with Crippen LogP contribution in [-0.2, 0) is 0 Å². The molecule has 5 heteroatoms. The number of nitrogens with one attached hydrogen (secondary N) is 1. The van der Waals surface area contributed by atoms with Crippen LogP contribution in [0.15, 0.2) is 48.5 Å². The van der Waals surface area contributed by atoms with Gasteiger partial charge in [0.15, 0.2) is 5.78 Å². The average Bonchev–Trinajstić information content (AvgIpc) is 2.72. The quantitative estimate of drug-likeness (QED) is 0.802. The first-order valence-corrected chi connectivity index (χ1v) is 9.95. The predicted octanol–water partition coefficient (Wildman–Crippen LogP) is 3.89. The van der Waals surface area contributed by atoms with Crippen LogP contribution < -0.4 is 10.1 Å². The van der Waals surface area contributed by atoms with Crippen LogP contribution in [0.25, 0.3) is 0 Å². The summed E-state index contributed by atoms with van der Waals surface area (Å²) in [5, 5.41) is 3.25. The van der Waals surface area contributed by atoms with Crippen LogP contribution in [0.1, 0.15) is 47.4 Å². The van der Waals surface area contributed by atoms with Crippen molar-refractivity contribution >= 4 is 11.7 Å². The molecule has 0 unspecified atom stereocenters. The molecule has 3 aliphatic rings. The van der Waals surface area contributed by atoms with Gasteiger partial charge in [0, 0.05) is 23.2 Å². The van der Waals surface area contributed by atoms with Crippen molar-refractivity contribution in [2.24, 2.45) is 5.92 Å². The minimum Gasteiger partial charge on any atom is -0.457 e. The third kappa shape index (κ3) is 3.80. The summed E-state index contributed by atoms with van der Waals surface area (Å²) in [5.41, 5.74) is 1.30. The minimum atomic E-state index is -0.0250. The molecule has 0 aliphatic carbocycles. The smallest absolute Gasteiger partial charge is 0.251 e. The van der Waals surface area contributed by atoms with Gasteiger partial charge in [0.25, 0.3) is 5.91 Å². The Kier molecular flexibility index (Phi) is 5.18. The number of fused-ring (bicyclic) bond motifs is 3. The molecule has 0 radical (unpaired) electrons. The molecule has 28 heavy (non-hydrogen) atoms. The second-order valence-electron chi connectivity index (χ2n) is 7.82. The molecule has 0 saturated carbocycles. The average molecular weight is 378 g/mol. The Labute approximate surface area is 165 Å². The number of piperidine rings is 3. The summed E-state index contributed by atoms with van der Waals surface area (Å²) in [6.45, 7) is 6.05. The maximum Gasteiger partial charge on any atom is 0.251 e. The van der Waals surface area contributed by atoms with E-state index in [-0.39, 0.29) is 17.7 Å². The van der Waals surface area contributed by atoms with Crippen LogP contribution in [0.2, 0.25) is 0 Å². The van der Waals surface area contributed by atoms with Crippen molar-refractivity contribution in [3.8, 4) is 11.5 Å². The van der Waals surface area contributed by atoms with Gasteiger partial charge in [-0.3, -0.25) is 14.5 Å². The molecule has 1 amide bonds. The summed E-state index contributed by atoms with van der Waals surface area (Å²) < 4.78 is 5.81. The molecule has 2 aromatic carbocycles. The Morgan fingerprint density at radius 1 is 0.929 bits per heavy atom. The first-order chi connectivity index (χ1) is 13.5. The fourth-order valence-electron chi connectivity index (χ4n) is 4.35. The van der Waals surface area contributed by atoms with E-state index in [1.807, 2.05) is 0 Å². The van der Waals surface area contributed by atoms with Gasteiger partial charge in [0.2, 0.25) is 0 Å². The molecule has 2 bridgehead atoms. The number of carbonyl (C=O) groups is 2. The van der Waals surface area contributed by atoms with E-state index in [0.717, 1.165) is 13.1 Å². The Hall–Kier alpha value is -2.66. The molecule has 3 aliphatic heterocycles. The first-order valence-electron chi connectivity index (χ1n) is 9.95. The highest BCUT2D eigenvalue weighted by Crippen LogP contribution is 2.32. The van der Waals surface area contributed by atoms with E-state index in [0.29, 0.717) is 34.6 Å². The minimum absolute atomic E-state index is 0.0250. The summed E-state index contributed by atoms with van der Waals surface area (Å²) >= 11 is 0. The van der Waals surface area contributed by atoms with Gasteiger partial charge in [-0.25, -0.2) is 0 Å². The van der Waals surface area contributed by atoms with Crippen molar-refractivity contribution in [3.63, 3.8) is 0 Å². The SMILES string of the molecule is CC(=O)c1ccc(Oc2ccc(C(=O)N[C@@H]3C4CCN(CC4)[C@H]3C)cc2)cc1. The van der Waals surface area contributed by atoms with E-state index in [4.69, 9.17) is 4.74 Å². The highest BCUT2D eigenvalue weighted by atomic mass is 16.5. The first kappa shape index (κ1) is 18.7. The van der Waals surface area contributed by atoms with Gasteiger partial charge in [0.1, 0.15) is 11.5 Å². The van der Waals surface area contributed by atoms with Crippen molar-refractivity contribution in [1.82, 2.24) is 10.2 Å². The number of hydrogen-bond donors (Lipinski definition) is 1. The number of Topliss-reactive ketones (excluding diaryl/α,β-unsaturated/α-hetero) is 1. The largest absolute Gasteiger partial charge is 0.457 e. The normalized spacial score (nSPS) is 25.9. The maximum atomic E-state index is 12.7. The van der Waals surface area contributed by atoms with Crippen molar-refractivity contribution in [2.45, 2.75) is 38.8 Å². The standard InChI is InChI=1S/C23H26N2O3/c1-15-22(18-11-13-25(15)14-12-18)24-23(27)19-5-9-21(10-6-19)28-20-7-3-17(4-8-20)16(2)26/h3-10,15,18,22H,11-14H2,1-2H3,(H,24,27)/t15-,22-/m0/s1. The van der Waals surface area contributed by atoms with Crippen molar-refractivity contribution in [2.75, 3.05) is 13.1 Å². The summed E-state index contributed by atoms with van der Waals surface area (Å²) in [7, 11) is 0. The molecular formula is C23H26N2O3. The lowest BCUT2D eigenvalue weighted by Gasteiger charge is -2.49. The van der Waals surface area contributed by atoms with Gasteiger partial charge in [-0.2, -0.15) is 0 Å². The van der Waals surface area contributed by atoms with Gasteiger partial charge in [-0.1, -0.05) is 0 Å². The Balaban J connectivity index is 1.38. The van der Waals surface area contributed by atoms with Crippen LogP contribution >= 0.6 is 0 Å². The number of rotatable bonds is 5. The molecule has 3 saturated heterocycles. The van der Waals surface area contributed by atoms with Crippen LogP contribution in [0.3, 0.4) is 0 Å². The molecule has 5 nitrogen and oxygen atoms in total. The topological polar surface area (TPSA) is 58.6 Å². The third-order valence-corrected chi connectivity index (χ3v) is 6.09. The Morgan fingerprint density at radius 3 is 1.96 bits per heavy atom. The number of nitrogens with zero attached hydrogens (tertiary/aromatic N) is 1. The number of ketones is 1. The molecular weight excluding hydrogens is 352 g/mol. The van der Waals surface area contributed by atoms with Gasteiger partial charge in [-0.05, 0) is 94.2 Å². The van der Waals surface area contributed by atoms with E-state index in [1.165, 1.54) is 19.8 Å². The Morgan fingerprint density at radius 2 is 1.46 bits per heavy atom. The molecule has 0 spiro atoms. The van der Waals surface area contributed by atoms with E-state index < -0.39 is 0 Å². The maximum absolute atomic E-state index is 12.7. The van der Waals surface area contributed by atoms with Crippen molar-refractivity contribution in [3.05, 3.63) is 59.7 Å². The molecule has 5 rings (SSSR count). The fourth-order valence-corrected chi connectivity index (χ4v) is 4.35. The van der Waals surface area contributed by atoms with E-state index in [9.17, 15) is 9.59 Å². The van der Waals surface area contributed by atoms with Gasteiger partial charge < -0.3 is 10.1 Å². The highest BCUT2D eigenvalue weighted by molar-refractivity contribution is 5.95. The zero-order valence-electron chi connectivity index (χ0n) is 16.4. The van der Waals surface area contributed by atoms with E-state index in [2.05, 4.69) is 17.1 Å². The lowest BCUT2D eigenvalue weighted by Crippen LogP contribution is -2.62. The predicted molar refractivity (Wildman–Crippen MR) is 108 cm³/mol. The molecule has 3 fully saturated rings. The number of benzene rings is 2. The highest BCUT2D eigenvalue weighted by Gasteiger charge is 2.40. The second kappa shape index (κ2) is 7.76. The summed E-state index contributed by atoms with van der Waals surface area (Å²) in [6.07, 6.45) is 2.34. The number of hydrogen-bond acceptors (Lipinski definition) is 4. The summed E-state index contributed by atoms with van der Waals surface area (Å²) in [6, 6.07) is 14.8. The van der Waals surface area contributed by atoms with Crippen LogP contribution in [0, 0.1) is 5.92 Å². The second-order valence-corrected chi connectivity index (χ2v) is 7.82. The number of amides is 1. The van der Waals surface area contributed by atoms with Gasteiger partial charge in [-0.15, -0.1) is 0 Å². The van der Waals surface area contributed by atoms with Crippen LogP contribution in [0.5, 0.6) is 11.5 Å². The van der Waals surface area contributed by atoms with Gasteiger partial charge >= 0.3 is 0 Å². The molecule has 2 aromatic rings. The molecule has 1 N–H and O–H groups in total. The van der Waals surface area contributed by atoms with Crippen molar-refractivity contribution < 1.29 is 14.3 Å². The summed E-state index contributed by atoms with van der Waals surface area (Å²) in [4.78, 5) is 26.5. The lowest BCUT2D eigenvalue weighted by atomic mass is 9.79. The molecule has 3 heterocycles. The van der Waals surface area contributed by atoms with E-state index in [1.54, 1.807) is 48.5 Å². The zero-order chi connectivity index (χ0) is 19.7. The van der Waals surface area contributed by atoms with Crippen molar-refractivity contribution in [1.29, 1.82) is 0 Å². The Bertz CT molecular complexity index is 850. The molecule has 146 valence electrons. The number of ether oxygens (including phenoxy) is 1.